The molecule has 0 aliphatic heterocycles. The van der Waals surface area contributed by atoms with Crippen LogP contribution in [0.4, 0.5) is 0 Å². The molecule has 82 valence electrons. The Morgan fingerprint density at radius 3 is 2.73 bits per heavy atom. The summed E-state index contributed by atoms with van der Waals surface area (Å²) < 4.78 is 0. The molecule has 0 spiro atoms. The molecule has 1 unspecified atom stereocenters. The molecule has 1 aromatic carbocycles. The molecule has 1 heteroatoms. The van der Waals surface area contributed by atoms with Gasteiger partial charge < -0.3 is 0 Å². The minimum Gasteiger partial charge on any atom is -0.123 e. The third kappa shape index (κ3) is 3.24. The van der Waals surface area contributed by atoms with Crippen LogP contribution in [0, 0.1) is 12.8 Å². The predicted molar refractivity (Wildman–Crippen MR) is 66.5 cm³/mol. The topological polar surface area (TPSA) is 0 Å². The van der Waals surface area contributed by atoms with Crippen molar-refractivity contribution < 1.29 is 0 Å². The SMILES string of the molecule is Cc1ccccc1CCCC(Cl)C1CC1. The Bertz CT molecular complexity index is 315. The lowest BCUT2D eigenvalue weighted by atomic mass is 10.0. The van der Waals surface area contributed by atoms with Crippen LogP contribution in [0.1, 0.15) is 36.8 Å². The van der Waals surface area contributed by atoms with E-state index in [0.29, 0.717) is 5.38 Å². The maximum atomic E-state index is 6.28. The summed E-state index contributed by atoms with van der Waals surface area (Å²) in [6, 6.07) is 8.65. The average Bonchev–Trinajstić information content (AvgIpc) is 3.04. The molecular formula is C14H19Cl. The van der Waals surface area contributed by atoms with Crippen LogP contribution in [0.15, 0.2) is 24.3 Å². The fraction of sp³-hybridized carbons (Fsp3) is 0.571. The second-order valence-electron chi connectivity index (χ2n) is 4.67. The minimum atomic E-state index is 0.439. The first kappa shape index (κ1) is 11.0. The molecule has 0 saturated heterocycles. The zero-order valence-corrected chi connectivity index (χ0v) is 10.1. The van der Waals surface area contributed by atoms with Gasteiger partial charge in [-0.3, -0.25) is 0 Å². The van der Waals surface area contributed by atoms with E-state index in [0.717, 1.165) is 5.92 Å². The van der Waals surface area contributed by atoms with Gasteiger partial charge in [0.05, 0.1) is 0 Å². The number of hydrogen-bond donors (Lipinski definition) is 0. The number of rotatable bonds is 5. The van der Waals surface area contributed by atoms with E-state index in [1.54, 1.807) is 0 Å². The van der Waals surface area contributed by atoms with E-state index in [9.17, 15) is 0 Å². The molecule has 0 radical (unpaired) electrons. The van der Waals surface area contributed by atoms with Crippen LogP contribution in [0.25, 0.3) is 0 Å². The summed E-state index contributed by atoms with van der Waals surface area (Å²) in [5.41, 5.74) is 2.90. The predicted octanol–water partition coefficient (Wildman–Crippen LogP) is 4.34. The molecule has 0 amide bonds. The maximum absolute atomic E-state index is 6.28. The van der Waals surface area contributed by atoms with Crippen molar-refractivity contribution in [2.75, 3.05) is 0 Å². The summed E-state index contributed by atoms with van der Waals surface area (Å²) in [7, 11) is 0. The van der Waals surface area contributed by atoms with Crippen molar-refractivity contribution in [3.05, 3.63) is 35.4 Å². The second kappa shape index (κ2) is 5.03. The van der Waals surface area contributed by atoms with Crippen molar-refractivity contribution in [3.8, 4) is 0 Å². The highest BCUT2D eigenvalue weighted by Crippen LogP contribution is 2.37. The molecule has 0 nitrogen and oxygen atoms in total. The van der Waals surface area contributed by atoms with Crippen molar-refractivity contribution in [2.45, 2.75) is 44.4 Å². The van der Waals surface area contributed by atoms with E-state index in [-0.39, 0.29) is 0 Å². The van der Waals surface area contributed by atoms with Gasteiger partial charge >= 0.3 is 0 Å². The number of hydrogen-bond acceptors (Lipinski definition) is 0. The first-order chi connectivity index (χ1) is 7.27. The Balaban J connectivity index is 1.75. The largest absolute Gasteiger partial charge is 0.123 e. The Hall–Kier alpha value is -0.490. The summed E-state index contributed by atoms with van der Waals surface area (Å²) in [4.78, 5) is 0. The zero-order valence-electron chi connectivity index (χ0n) is 9.38. The summed E-state index contributed by atoms with van der Waals surface area (Å²) in [5.74, 6) is 0.837. The molecule has 1 atom stereocenters. The van der Waals surface area contributed by atoms with Gasteiger partial charge in [-0.2, -0.15) is 0 Å². The standard InChI is InChI=1S/C14H19Cl/c1-11-5-2-3-6-12(11)7-4-8-14(15)13-9-10-13/h2-3,5-6,13-14H,4,7-10H2,1H3. The van der Waals surface area contributed by atoms with Gasteiger partial charge in [0.2, 0.25) is 0 Å². The zero-order chi connectivity index (χ0) is 10.7. The molecule has 1 aliphatic carbocycles. The van der Waals surface area contributed by atoms with Gasteiger partial charge in [-0.15, -0.1) is 11.6 Å². The van der Waals surface area contributed by atoms with Crippen molar-refractivity contribution in [2.24, 2.45) is 5.92 Å². The molecule has 0 heterocycles. The Labute approximate surface area is 97.6 Å². The van der Waals surface area contributed by atoms with Gasteiger partial charge in [0.15, 0.2) is 0 Å². The molecule has 0 N–H and O–H groups in total. The molecule has 0 aromatic heterocycles. The smallest absolute Gasteiger partial charge is 0.0364 e. The lowest BCUT2D eigenvalue weighted by Gasteiger charge is -2.08. The van der Waals surface area contributed by atoms with Crippen molar-refractivity contribution >= 4 is 11.6 Å². The van der Waals surface area contributed by atoms with Gasteiger partial charge in [0, 0.05) is 5.38 Å². The molecular weight excluding hydrogens is 204 g/mol. The highest BCUT2D eigenvalue weighted by molar-refractivity contribution is 6.20. The van der Waals surface area contributed by atoms with E-state index >= 15 is 0 Å². The summed E-state index contributed by atoms with van der Waals surface area (Å²) in [6.07, 6.45) is 6.32. The van der Waals surface area contributed by atoms with Gasteiger partial charge in [-0.05, 0) is 56.1 Å². The van der Waals surface area contributed by atoms with Crippen LogP contribution in [-0.4, -0.2) is 5.38 Å². The highest BCUT2D eigenvalue weighted by Gasteiger charge is 2.28. The summed E-state index contributed by atoms with van der Waals surface area (Å²) in [5, 5.41) is 0.439. The number of aryl methyl sites for hydroxylation is 2. The average molecular weight is 223 g/mol. The fourth-order valence-electron chi connectivity index (χ4n) is 2.07. The van der Waals surface area contributed by atoms with E-state index in [1.165, 1.54) is 43.2 Å². The van der Waals surface area contributed by atoms with Crippen LogP contribution >= 0.6 is 11.6 Å². The molecule has 0 bridgehead atoms. The number of benzene rings is 1. The first-order valence-corrected chi connectivity index (χ1v) is 6.39. The molecule has 1 aliphatic rings. The Morgan fingerprint density at radius 2 is 2.07 bits per heavy atom. The monoisotopic (exact) mass is 222 g/mol. The Morgan fingerprint density at radius 1 is 1.33 bits per heavy atom. The van der Waals surface area contributed by atoms with E-state index in [1.807, 2.05) is 0 Å². The van der Waals surface area contributed by atoms with E-state index in [2.05, 4.69) is 31.2 Å². The molecule has 1 saturated carbocycles. The van der Waals surface area contributed by atoms with Gasteiger partial charge in [-0.25, -0.2) is 0 Å². The minimum absolute atomic E-state index is 0.439. The first-order valence-electron chi connectivity index (χ1n) is 5.96. The van der Waals surface area contributed by atoms with Crippen molar-refractivity contribution in [3.63, 3.8) is 0 Å². The van der Waals surface area contributed by atoms with Crippen LogP contribution in [0.2, 0.25) is 0 Å². The van der Waals surface area contributed by atoms with E-state index in [4.69, 9.17) is 11.6 Å². The lowest BCUT2D eigenvalue weighted by molar-refractivity contribution is 0.636. The van der Waals surface area contributed by atoms with E-state index < -0.39 is 0 Å². The van der Waals surface area contributed by atoms with Crippen LogP contribution in [0.3, 0.4) is 0 Å². The highest BCUT2D eigenvalue weighted by atomic mass is 35.5. The molecule has 2 rings (SSSR count). The third-order valence-electron chi connectivity index (χ3n) is 3.32. The van der Waals surface area contributed by atoms with Crippen molar-refractivity contribution in [1.82, 2.24) is 0 Å². The second-order valence-corrected chi connectivity index (χ2v) is 5.23. The normalized spacial score (nSPS) is 17.7. The lowest BCUT2D eigenvalue weighted by Crippen LogP contribution is -2.02. The summed E-state index contributed by atoms with van der Waals surface area (Å²) in [6.45, 7) is 2.19. The van der Waals surface area contributed by atoms with Crippen LogP contribution in [-0.2, 0) is 6.42 Å². The van der Waals surface area contributed by atoms with Crippen LogP contribution in [0.5, 0.6) is 0 Å². The van der Waals surface area contributed by atoms with Crippen molar-refractivity contribution in [1.29, 1.82) is 0 Å². The third-order valence-corrected chi connectivity index (χ3v) is 3.90. The maximum Gasteiger partial charge on any atom is 0.0364 e. The summed E-state index contributed by atoms with van der Waals surface area (Å²) >= 11 is 6.28. The molecule has 15 heavy (non-hydrogen) atoms. The van der Waals surface area contributed by atoms with Gasteiger partial charge in [0.1, 0.15) is 0 Å². The van der Waals surface area contributed by atoms with Gasteiger partial charge in [0.25, 0.3) is 0 Å². The molecule has 1 fully saturated rings. The quantitative estimate of drug-likeness (QED) is 0.651. The fourth-order valence-corrected chi connectivity index (χ4v) is 2.48. The number of halogens is 1. The Kier molecular flexibility index (Phi) is 3.69. The molecule has 1 aromatic rings. The number of alkyl halides is 1. The van der Waals surface area contributed by atoms with Gasteiger partial charge in [-0.1, -0.05) is 24.3 Å². The van der Waals surface area contributed by atoms with Crippen LogP contribution < -0.4 is 0 Å².